The van der Waals surface area contributed by atoms with E-state index in [-0.39, 0.29) is 24.4 Å². The van der Waals surface area contributed by atoms with Crippen molar-refractivity contribution >= 4 is 29.7 Å². The SMILES string of the molecule is CNC(C)Cc1noc(CC(NC(C)=O)c2cccs2)n1.Cl. The Kier molecular flexibility index (Phi) is 7.50. The smallest absolute Gasteiger partial charge is 0.229 e. The lowest BCUT2D eigenvalue weighted by molar-refractivity contribution is -0.119. The number of hydrogen-bond acceptors (Lipinski definition) is 6. The molecule has 2 rings (SSSR count). The van der Waals surface area contributed by atoms with Crippen LogP contribution in [0.5, 0.6) is 0 Å². The van der Waals surface area contributed by atoms with Gasteiger partial charge in [-0.05, 0) is 25.4 Å². The van der Waals surface area contributed by atoms with Gasteiger partial charge in [0.1, 0.15) is 0 Å². The minimum Gasteiger partial charge on any atom is -0.348 e. The fourth-order valence-corrected chi connectivity index (χ4v) is 2.74. The van der Waals surface area contributed by atoms with Crippen molar-refractivity contribution < 1.29 is 9.32 Å². The summed E-state index contributed by atoms with van der Waals surface area (Å²) in [7, 11) is 1.90. The first-order chi connectivity index (χ1) is 10.1. The van der Waals surface area contributed by atoms with Crippen molar-refractivity contribution in [3.63, 3.8) is 0 Å². The van der Waals surface area contributed by atoms with Crippen LogP contribution in [0.25, 0.3) is 0 Å². The third kappa shape index (κ3) is 5.40. The van der Waals surface area contributed by atoms with Crippen LogP contribution in [0.4, 0.5) is 0 Å². The van der Waals surface area contributed by atoms with Crippen LogP contribution in [-0.4, -0.2) is 29.1 Å². The van der Waals surface area contributed by atoms with Crippen molar-refractivity contribution in [2.45, 2.75) is 38.8 Å². The molecule has 122 valence electrons. The summed E-state index contributed by atoms with van der Waals surface area (Å²) in [5.41, 5.74) is 0. The molecule has 0 radical (unpaired) electrons. The molecule has 0 saturated heterocycles. The normalized spacial score (nSPS) is 13.2. The Morgan fingerprint density at radius 1 is 1.45 bits per heavy atom. The average molecular weight is 345 g/mol. The van der Waals surface area contributed by atoms with E-state index in [4.69, 9.17) is 4.52 Å². The van der Waals surface area contributed by atoms with Crippen LogP contribution in [0.3, 0.4) is 0 Å². The molecular formula is C14H21ClN4O2S. The highest BCUT2D eigenvalue weighted by Crippen LogP contribution is 2.22. The standard InChI is InChI=1S/C14H20N4O2S.ClH/c1-9(15-3)7-13-17-14(20-18-13)8-11(16-10(2)19)12-5-4-6-21-12;/h4-6,9,11,15H,7-8H2,1-3H3,(H,16,19);1H. The van der Waals surface area contributed by atoms with Gasteiger partial charge >= 0.3 is 0 Å². The lowest BCUT2D eigenvalue weighted by atomic mass is 10.1. The highest BCUT2D eigenvalue weighted by Gasteiger charge is 2.19. The van der Waals surface area contributed by atoms with E-state index < -0.39 is 0 Å². The lowest BCUT2D eigenvalue weighted by Gasteiger charge is -2.13. The fourth-order valence-electron chi connectivity index (χ4n) is 1.96. The molecule has 2 N–H and O–H groups in total. The molecule has 0 fully saturated rings. The van der Waals surface area contributed by atoms with Crippen molar-refractivity contribution in [2.75, 3.05) is 7.05 Å². The zero-order chi connectivity index (χ0) is 15.2. The van der Waals surface area contributed by atoms with Crippen LogP contribution in [0, 0.1) is 0 Å². The largest absolute Gasteiger partial charge is 0.348 e. The number of amides is 1. The molecule has 0 aliphatic heterocycles. The molecule has 2 aromatic heterocycles. The summed E-state index contributed by atoms with van der Waals surface area (Å²) in [5, 5.41) is 12.0. The number of hydrogen-bond donors (Lipinski definition) is 2. The van der Waals surface area contributed by atoms with Crippen molar-refractivity contribution in [1.82, 2.24) is 20.8 Å². The quantitative estimate of drug-likeness (QED) is 0.804. The highest BCUT2D eigenvalue weighted by molar-refractivity contribution is 7.10. The molecule has 0 aliphatic carbocycles. The summed E-state index contributed by atoms with van der Waals surface area (Å²) >= 11 is 1.60. The predicted octanol–water partition coefficient (Wildman–Crippen LogP) is 2.12. The molecule has 2 aromatic rings. The van der Waals surface area contributed by atoms with Gasteiger partial charge in [0.05, 0.1) is 12.5 Å². The Labute approximate surface area is 140 Å². The van der Waals surface area contributed by atoms with E-state index >= 15 is 0 Å². The van der Waals surface area contributed by atoms with Gasteiger partial charge in [-0.25, -0.2) is 0 Å². The molecule has 0 spiro atoms. The van der Waals surface area contributed by atoms with Gasteiger partial charge in [-0.2, -0.15) is 4.98 Å². The zero-order valence-corrected chi connectivity index (χ0v) is 14.5. The number of halogens is 1. The number of nitrogens with one attached hydrogen (secondary N) is 2. The molecule has 1 amide bonds. The molecule has 22 heavy (non-hydrogen) atoms. The predicted molar refractivity (Wildman–Crippen MR) is 88.4 cm³/mol. The maximum absolute atomic E-state index is 11.3. The Morgan fingerprint density at radius 2 is 2.23 bits per heavy atom. The van der Waals surface area contributed by atoms with Crippen LogP contribution in [-0.2, 0) is 17.6 Å². The minimum atomic E-state index is -0.127. The highest BCUT2D eigenvalue weighted by atomic mass is 35.5. The van der Waals surface area contributed by atoms with Gasteiger partial charge in [0.15, 0.2) is 5.82 Å². The number of likely N-dealkylation sites (N-methyl/N-ethyl adjacent to an activating group) is 1. The van der Waals surface area contributed by atoms with Gasteiger partial charge in [0.2, 0.25) is 11.8 Å². The number of nitrogens with zero attached hydrogens (tertiary/aromatic N) is 2. The van der Waals surface area contributed by atoms with E-state index in [1.54, 1.807) is 11.3 Å². The molecule has 6 nitrogen and oxygen atoms in total. The Bertz CT molecular complexity index is 573. The minimum absolute atomic E-state index is 0. The topological polar surface area (TPSA) is 80.0 Å². The molecule has 0 bridgehead atoms. The summed E-state index contributed by atoms with van der Waals surface area (Å²) in [6, 6.07) is 4.12. The average Bonchev–Trinajstić information content (AvgIpc) is 3.09. The van der Waals surface area contributed by atoms with Crippen LogP contribution < -0.4 is 10.6 Å². The number of thiophene rings is 1. The number of rotatable bonds is 7. The van der Waals surface area contributed by atoms with Crippen LogP contribution >= 0.6 is 23.7 Å². The summed E-state index contributed by atoms with van der Waals surface area (Å²) in [6.07, 6.45) is 1.21. The maximum Gasteiger partial charge on any atom is 0.229 e. The van der Waals surface area contributed by atoms with Crippen molar-refractivity contribution in [1.29, 1.82) is 0 Å². The second-order valence-electron chi connectivity index (χ2n) is 4.97. The van der Waals surface area contributed by atoms with Gasteiger partial charge in [0, 0.05) is 24.3 Å². The van der Waals surface area contributed by atoms with Crippen molar-refractivity contribution in [3.8, 4) is 0 Å². The van der Waals surface area contributed by atoms with Crippen LogP contribution in [0.15, 0.2) is 22.0 Å². The third-order valence-electron chi connectivity index (χ3n) is 3.13. The monoisotopic (exact) mass is 344 g/mol. The van der Waals surface area contributed by atoms with Crippen molar-refractivity contribution in [2.24, 2.45) is 0 Å². The van der Waals surface area contributed by atoms with E-state index in [2.05, 4.69) is 27.7 Å². The van der Waals surface area contributed by atoms with Gasteiger partial charge in [-0.1, -0.05) is 11.2 Å². The first-order valence-corrected chi connectivity index (χ1v) is 7.75. The number of aromatic nitrogens is 2. The summed E-state index contributed by atoms with van der Waals surface area (Å²) < 4.78 is 5.28. The molecule has 0 aromatic carbocycles. The summed E-state index contributed by atoms with van der Waals surface area (Å²) in [5.74, 6) is 1.15. The number of carbonyl (C=O) groups is 1. The molecule has 2 unspecified atom stereocenters. The van der Waals surface area contributed by atoms with E-state index in [1.807, 2.05) is 24.6 Å². The molecule has 2 atom stereocenters. The number of carbonyl (C=O) groups excluding carboxylic acids is 1. The van der Waals surface area contributed by atoms with E-state index in [1.165, 1.54) is 6.92 Å². The van der Waals surface area contributed by atoms with E-state index in [0.717, 1.165) is 4.88 Å². The molecule has 0 aliphatic rings. The second-order valence-corrected chi connectivity index (χ2v) is 5.95. The molecular weight excluding hydrogens is 324 g/mol. The molecule has 2 heterocycles. The van der Waals surface area contributed by atoms with E-state index in [0.29, 0.717) is 30.6 Å². The van der Waals surface area contributed by atoms with Gasteiger partial charge in [0.25, 0.3) is 0 Å². The summed E-state index contributed by atoms with van der Waals surface area (Å²) in [6.45, 7) is 3.57. The van der Waals surface area contributed by atoms with Gasteiger partial charge in [-0.3, -0.25) is 4.79 Å². The molecule has 8 heteroatoms. The second kappa shape index (κ2) is 8.87. The third-order valence-corrected chi connectivity index (χ3v) is 4.12. The van der Waals surface area contributed by atoms with Crippen molar-refractivity contribution in [3.05, 3.63) is 34.1 Å². The Morgan fingerprint density at radius 3 is 2.82 bits per heavy atom. The van der Waals surface area contributed by atoms with Crippen LogP contribution in [0.1, 0.15) is 36.5 Å². The first-order valence-electron chi connectivity index (χ1n) is 6.87. The van der Waals surface area contributed by atoms with Gasteiger partial charge < -0.3 is 15.2 Å². The van der Waals surface area contributed by atoms with E-state index in [9.17, 15) is 4.79 Å². The zero-order valence-electron chi connectivity index (χ0n) is 12.8. The van der Waals surface area contributed by atoms with Gasteiger partial charge in [-0.15, -0.1) is 23.7 Å². The molecule has 0 saturated carbocycles. The Hall–Kier alpha value is -1.44. The Balaban J connectivity index is 0.00000242. The fraction of sp³-hybridized carbons (Fsp3) is 0.500. The maximum atomic E-state index is 11.3. The summed E-state index contributed by atoms with van der Waals surface area (Å²) in [4.78, 5) is 16.8. The van der Waals surface area contributed by atoms with Crippen LogP contribution in [0.2, 0.25) is 0 Å². The lowest BCUT2D eigenvalue weighted by Crippen LogP contribution is -2.27. The first kappa shape index (κ1) is 18.6.